The molecule has 0 amide bonds. The Labute approximate surface area is 332 Å². The van der Waals surface area contributed by atoms with Crippen LogP contribution in [0.5, 0.6) is 0 Å². The zero-order chi connectivity index (χ0) is 39.4. The summed E-state index contributed by atoms with van der Waals surface area (Å²) in [5.41, 5.74) is 8.36. The van der Waals surface area contributed by atoms with E-state index in [1.807, 2.05) is 18.3 Å². The predicted molar refractivity (Wildman–Crippen MR) is 221 cm³/mol. The molecule has 10 atom stereocenters. The maximum Gasteiger partial charge on any atom is 0.309 e. The Hall–Kier alpha value is -2.68. The standard InChI is InChI=1S/C47H74N3O5/c1-4-5-7-12-34-17-18-38(44(52)26-34)15-8-6-9-16-42(46(53)54)43(51)19-21-47(55)30-36(24-35-20-22-49-45(48)27-35)25-40(47)29-41-28-39(31-50-41)33(3)23-32(2)37-13-10-11-14-37/h17-18,20,22,27-28,31-34,36-38,40,42-44,51-52,55H,4-16,19,21,23-26,29-30H2,1-3H3,(H2,48,49)(H,53,54)/q-1/t32-,33-,34-,36+,38-,40+,42+,43-,44-,47-/m1/s1. The summed E-state index contributed by atoms with van der Waals surface area (Å²) in [7, 11) is 0. The van der Waals surface area contributed by atoms with Crippen LogP contribution in [0.1, 0.15) is 166 Å². The van der Waals surface area contributed by atoms with Crippen LogP contribution in [0.2, 0.25) is 0 Å². The molecule has 2 heterocycles. The summed E-state index contributed by atoms with van der Waals surface area (Å²) >= 11 is 0. The van der Waals surface area contributed by atoms with Crippen LogP contribution in [-0.4, -0.2) is 49.2 Å². The second-order valence-electron chi connectivity index (χ2n) is 18.5. The van der Waals surface area contributed by atoms with Gasteiger partial charge >= 0.3 is 5.97 Å². The number of anilines is 1. The molecule has 2 aromatic rings. The van der Waals surface area contributed by atoms with Gasteiger partial charge in [-0.3, -0.25) is 4.79 Å². The Morgan fingerprint density at radius 3 is 2.53 bits per heavy atom. The number of aromatic nitrogens is 2. The minimum absolute atomic E-state index is 0.0431. The number of allylic oxidation sites excluding steroid dienone is 1. The number of nitrogens with zero attached hydrogens (tertiary/aromatic N) is 2. The van der Waals surface area contributed by atoms with Crippen molar-refractivity contribution in [3.8, 4) is 0 Å². The van der Waals surface area contributed by atoms with E-state index in [2.05, 4.69) is 44.0 Å². The molecule has 2 saturated carbocycles. The molecule has 0 spiro atoms. The van der Waals surface area contributed by atoms with Crippen molar-refractivity contribution in [3.63, 3.8) is 0 Å². The second-order valence-corrected chi connectivity index (χ2v) is 18.5. The molecule has 8 nitrogen and oxygen atoms in total. The van der Waals surface area contributed by atoms with E-state index < -0.39 is 23.6 Å². The van der Waals surface area contributed by atoms with Gasteiger partial charge < -0.3 is 31.1 Å². The van der Waals surface area contributed by atoms with Gasteiger partial charge in [-0.15, -0.1) is 0 Å². The highest BCUT2D eigenvalue weighted by molar-refractivity contribution is 5.70. The van der Waals surface area contributed by atoms with E-state index in [0.29, 0.717) is 55.7 Å². The van der Waals surface area contributed by atoms with Gasteiger partial charge in [0.05, 0.1) is 23.7 Å². The van der Waals surface area contributed by atoms with Gasteiger partial charge in [0.25, 0.3) is 0 Å². The molecule has 0 radical (unpaired) electrons. The highest BCUT2D eigenvalue weighted by atomic mass is 16.4. The predicted octanol–water partition coefficient (Wildman–Crippen LogP) is 9.41. The molecule has 0 saturated heterocycles. The fraction of sp³-hybridized carbons (Fsp3) is 0.745. The summed E-state index contributed by atoms with van der Waals surface area (Å²) in [6.07, 6.45) is 26.5. The summed E-state index contributed by atoms with van der Waals surface area (Å²) < 4.78 is 0. The molecule has 0 bridgehead atoms. The molecule has 6 N–H and O–H groups in total. The number of aliphatic carboxylic acids is 1. The van der Waals surface area contributed by atoms with E-state index in [9.17, 15) is 25.2 Å². The lowest BCUT2D eigenvalue weighted by Gasteiger charge is -2.33. The number of carboxylic acids is 1. The van der Waals surface area contributed by atoms with Gasteiger partial charge in [0.15, 0.2) is 0 Å². The zero-order valence-corrected chi connectivity index (χ0v) is 34.3. The minimum Gasteiger partial charge on any atom is -0.667 e. The molecule has 0 aliphatic heterocycles. The maximum atomic E-state index is 12.4. The summed E-state index contributed by atoms with van der Waals surface area (Å²) in [5, 5.41) is 44.6. The van der Waals surface area contributed by atoms with Crippen LogP contribution in [0.25, 0.3) is 0 Å². The number of hydrogen-bond donors (Lipinski definition) is 5. The first-order valence-corrected chi connectivity index (χ1v) is 22.3. The number of pyridine rings is 1. The van der Waals surface area contributed by atoms with E-state index in [4.69, 9.17) is 10.7 Å². The van der Waals surface area contributed by atoms with Gasteiger partial charge in [-0.25, -0.2) is 4.98 Å². The van der Waals surface area contributed by atoms with Crippen LogP contribution < -0.4 is 10.7 Å². The lowest BCUT2D eigenvalue weighted by atomic mass is 9.80. The summed E-state index contributed by atoms with van der Waals surface area (Å²) in [5.74, 6) is 1.49. The summed E-state index contributed by atoms with van der Waals surface area (Å²) in [6, 6.07) is 6.14. The average molecular weight is 761 g/mol. The van der Waals surface area contributed by atoms with Crippen LogP contribution in [0.15, 0.2) is 42.7 Å². The number of aliphatic hydroxyl groups excluding tert-OH is 2. The van der Waals surface area contributed by atoms with Crippen molar-refractivity contribution in [1.29, 1.82) is 0 Å². The molecule has 2 aromatic heterocycles. The normalized spacial score (nSPS) is 28.0. The largest absolute Gasteiger partial charge is 0.667 e. The zero-order valence-electron chi connectivity index (χ0n) is 34.3. The van der Waals surface area contributed by atoms with Crippen molar-refractivity contribution in [2.75, 3.05) is 5.73 Å². The van der Waals surface area contributed by atoms with E-state index in [0.717, 1.165) is 62.1 Å². The highest BCUT2D eigenvalue weighted by Crippen LogP contribution is 2.46. The number of carbonyl (C=O) groups is 1. The van der Waals surface area contributed by atoms with Gasteiger partial charge in [0.1, 0.15) is 5.82 Å². The van der Waals surface area contributed by atoms with Crippen molar-refractivity contribution < 1.29 is 25.2 Å². The van der Waals surface area contributed by atoms with Crippen molar-refractivity contribution in [1.82, 2.24) is 9.97 Å². The second kappa shape index (κ2) is 21.2. The number of aliphatic hydroxyl groups is 3. The SMILES string of the molecule is CCCCC[C@@H]1C=C[C@@H](CCCCC[C@H](C(=O)O)[C@H](O)CC[C@@]2(O)C[C@@H](Cc3ccnc(N)c3)C[C@H]2Cc2cc([C@H](C)C[C@@H](C)C3CCCC3)c[n-]2)[C@H](O)C1. The third-order valence-electron chi connectivity index (χ3n) is 14.1. The van der Waals surface area contributed by atoms with Gasteiger partial charge in [-0.2, -0.15) is 11.9 Å². The number of rotatable bonds is 23. The Morgan fingerprint density at radius 1 is 1.02 bits per heavy atom. The molecule has 5 rings (SSSR count). The fourth-order valence-corrected chi connectivity index (χ4v) is 10.7. The highest BCUT2D eigenvalue weighted by Gasteiger charge is 2.45. The topological polar surface area (TPSA) is 151 Å². The third-order valence-corrected chi connectivity index (χ3v) is 14.1. The number of hydrogen-bond acceptors (Lipinski definition) is 6. The fourth-order valence-electron chi connectivity index (χ4n) is 10.7. The van der Waals surface area contributed by atoms with Gasteiger partial charge in [-0.1, -0.05) is 109 Å². The first-order chi connectivity index (χ1) is 26.4. The van der Waals surface area contributed by atoms with Crippen molar-refractivity contribution >= 4 is 11.8 Å². The Balaban J connectivity index is 1.14. The molecule has 2 fully saturated rings. The van der Waals surface area contributed by atoms with Crippen LogP contribution in [0.3, 0.4) is 0 Å². The molecular weight excluding hydrogens is 687 g/mol. The van der Waals surface area contributed by atoms with E-state index in [1.54, 1.807) is 6.20 Å². The molecule has 3 aliphatic carbocycles. The molecule has 3 aliphatic rings. The van der Waals surface area contributed by atoms with Crippen LogP contribution in [0, 0.1) is 41.4 Å². The van der Waals surface area contributed by atoms with Gasteiger partial charge in [0.2, 0.25) is 0 Å². The smallest absolute Gasteiger partial charge is 0.309 e. The van der Waals surface area contributed by atoms with E-state index in [1.165, 1.54) is 56.9 Å². The van der Waals surface area contributed by atoms with Crippen LogP contribution in [-0.2, 0) is 17.6 Å². The molecule has 0 unspecified atom stereocenters. The Morgan fingerprint density at radius 2 is 1.80 bits per heavy atom. The lowest BCUT2D eigenvalue weighted by molar-refractivity contribution is -0.146. The number of carboxylic acid groups (broad SMARTS) is 1. The maximum absolute atomic E-state index is 12.4. The van der Waals surface area contributed by atoms with E-state index in [-0.39, 0.29) is 30.3 Å². The van der Waals surface area contributed by atoms with Gasteiger partial charge in [-0.05, 0) is 124 Å². The monoisotopic (exact) mass is 761 g/mol. The Bertz CT molecular complexity index is 1470. The first-order valence-electron chi connectivity index (χ1n) is 22.3. The summed E-state index contributed by atoms with van der Waals surface area (Å²) in [6.45, 7) is 6.94. The number of unbranched alkanes of at least 4 members (excludes halogenated alkanes) is 4. The minimum atomic E-state index is -1.03. The van der Waals surface area contributed by atoms with Crippen molar-refractivity contribution in [2.24, 2.45) is 41.4 Å². The molecule has 55 heavy (non-hydrogen) atoms. The number of nitrogen functional groups attached to an aromatic ring is 1. The molecular formula is C47H74N3O5-. The third kappa shape index (κ3) is 12.9. The quantitative estimate of drug-likeness (QED) is 0.0555. The molecule has 8 heteroatoms. The first kappa shape index (κ1) is 43.4. The van der Waals surface area contributed by atoms with Crippen molar-refractivity contribution in [3.05, 3.63) is 59.6 Å². The van der Waals surface area contributed by atoms with Crippen molar-refractivity contribution in [2.45, 2.75) is 179 Å². The molecule has 0 aromatic carbocycles. The van der Waals surface area contributed by atoms with E-state index >= 15 is 0 Å². The van der Waals surface area contributed by atoms with Gasteiger partial charge in [0, 0.05) is 12.1 Å². The lowest BCUT2D eigenvalue weighted by Crippen LogP contribution is -2.37. The Kier molecular flexibility index (Phi) is 16.7. The average Bonchev–Trinajstić information content (AvgIpc) is 3.92. The number of nitrogens with two attached hydrogens (primary N) is 1. The summed E-state index contributed by atoms with van der Waals surface area (Å²) in [4.78, 5) is 21.4. The van der Waals surface area contributed by atoms with Crippen LogP contribution >= 0.6 is 0 Å². The van der Waals surface area contributed by atoms with Crippen LogP contribution in [0.4, 0.5) is 5.82 Å². The molecule has 308 valence electrons.